The van der Waals surface area contributed by atoms with Gasteiger partial charge in [0.25, 0.3) is 0 Å². The second-order valence-electron chi connectivity index (χ2n) is 8.64. The molecular formula is C25H30N4O9. The average molecular weight is 531 g/mol. The van der Waals surface area contributed by atoms with Gasteiger partial charge in [0.2, 0.25) is 17.7 Å². The van der Waals surface area contributed by atoms with Crippen LogP contribution in [0.2, 0.25) is 0 Å². The Labute approximate surface area is 217 Å². The highest BCUT2D eigenvalue weighted by Crippen LogP contribution is 2.13. The maximum absolute atomic E-state index is 13.0. The number of aliphatic carboxylic acids is 2. The summed E-state index contributed by atoms with van der Waals surface area (Å²) in [4.78, 5) is 60.6. The van der Waals surface area contributed by atoms with E-state index in [4.69, 9.17) is 10.8 Å². The molecule has 0 radical (unpaired) electrons. The summed E-state index contributed by atoms with van der Waals surface area (Å²) in [6.45, 7) is 1.32. The molecule has 0 aliphatic rings. The highest BCUT2D eigenvalue weighted by molar-refractivity contribution is 5.94. The molecule has 38 heavy (non-hydrogen) atoms. The van der Waals surface area contributed by atoms with E-state index in [1.165, 1.54) is 55.5 Å². The average Bonchev–Trinajstić information content (AvgIpc) is 2.85. The van der Waals surface area contributed by atoms with Crippen molar-refractivity contribution >= 4 is 29.7 Å². The number of amides is 3. The number of phenols is 2. The number of carbonyl (C=O) groups excluding carboxylic acids is 3. The van der Waals surface area contributed by atoms with Crippen LogP contribution in [0.5, 0.6) is 11.5 Å². The van der Waals surface area contributed by atoms with Crippen molar-refractivity contribution in [1.82, 2.24) is 16.0 Å². The second kappa shape index (κ2) is 13.6. The molecule has 4 atom stereocenters. The van der Waals surface area contributed by atoms with Crippen molar-refractivity contribution in [2.75, 3.05) is 0 Å². The van der Waals surface area contributed by atoms with Crippen molar-refractivity contribution in [2.45, 2.75) is 50.4 Å². The predicted molar refractivity (Wildman–Crippen MR) is 133 cm³/mol. The predicted octanol–water partition coefficient (Wildman–Crippen LogP) is -0.756. The molecule has 0 aliphatic heterocycles. The number of nitrogens with two attached hydrogens (primary N) is 1. The number of carboxylic acid groups (broad SMARTS) is 2. The molecule has 2 aromatic carbocycles. The standard InChI is InChI=1S/C25H30N4O9/c1-13(22(34)29-20(25(37)38)11-15-4-8-17(31)9-5-15)27-24(36)19(10-14-2-6-16(30)7-3-14)28-23(35)18(26)12-21(32)33/h2-9,13,18-20,30-31H,10-12,26H2,1H3,(H,27,36)(H,28,35)(H,29,34)(H,32,33)(H,37,38). The first kappa shape index (κ1) is 29.6. The van der Waals surface area contributed by atoms with Gasteiger partial charge in [0.1, 0.15) is 29.6 Å². The van der Waals surface area contributed by atoms with E-state index in [1.54, 1.807) is 0 Å². The number of benzene rings is 2. The zero-order valence-corrected chi connectivity index (χ0v) is 20.5. The molecule has 0 bridgehead atoms. The Hall–Kier alpha value is -4.65. The molecule has 0 aromatic heterocycles. The Kier molecular flexibility index (Phi) is 10.6. The molecule has 0 heterocycles. The van der Waals surface area contributed by atoms with Crippen molar-refractivity contribution in [3.63, 3.8) is 0 Å². The molecule has 2 rings (SSSR count). The molecule has 3 amide bonds. The number of carbonyl (C=O) groups is 5. The van der Waals surface area contributed by atoms with Gasteiger partial charge in [0.15, 0.2) is 0 Å². The maximum Gasteiger partial charge on any atom is 0.326 e. The van der Waals surface area contributed by atoms with Gasteiger partial charge < -0.3 is 42.1 Å². The van der Waals surface area contributed by atoms with Crippen molar-refractivity contribution < 1.29 is 44.4 Å². The van der Waals surface area contributed by atoms with E-state index < -0.39 is 60.2 Å². The zero-order chi connectivity index (χ0) is 28.4. The van der Waals surface area contributed by atoms with Crippen molar-refractivity contribution in [3.8, 4) is 11.5 Å². The van der Waals surface area contributed by atoms with Crippen molar-refractivity contribution in [1.29, 1.82) is 0 Å². The molecular weight excluding hydrogens is 500 g/mol. The van der Waals surface area contributed by atoms with Gasteiger partial charge in [-0.25, -0.2) is 4.79 Å². The lowest BCUT2D eigenvalue weighted by atomic mass is 10.0. The monoisotopic (exact) mass is 530 g/mol. The van der Waals surface area contributed by atoms with E-state index in [0.29, 0.717) is 11.1 Å². The Morgan fingerprint density at radius 2 is 1.16 bits per heavy atom. The summed E-state index contributed by atoms with van der Waals surface area (Å²) in [6, 6.07) is 6.30. The second-order valence-corrected chi connectivity index (χ2v) is 8.64. The summed E-state index contributed by atoms with van der Waals surface area (Å²) in [5.41, 5.74) is 6.67. The number of hydrogen-bond donors (Lipinski definition) is 8. The fourth-order valence-electron chi connectivity index (χ4n) is 3.38. The minimum atomic E-state index is -1.43. The third-order valence-electron chi connectivity index (χ3n) is 5.48. The first-order chi connectivity index (χ1) is 17.8. The fraction of sp³-hybridized carbons (Fsp3) is 0.320. The quantitative estimate of drug-likeness (QED) is 0.161. The van der Waals surface area contributed by atoms with Crippen LogP contribution in [0.15, 0.2) is 48.5 Å². The third kappa shape index (κ3) is 9.43. The fourth-order valence-corrected chi connectivity index (χ4v) is 3.38. The van der Waals surface area contributed by atoms with Gasteiger partial charge in [0.05, 0.1) is 12.5 Å². The first-order valence-corrected chi connectivity index (χ1v) is 11.5. The van der Waals surface area contributed by atoms with Crippen molar-refractivity contribution in [3.05, 3.63) is 59.7 Å². The number of rotatable bonds is 13. The van der Waals surface area contributed by atoms with Gasteiger partial charge in [0, 0.05) is 12.8 Å². The summed E-state index contributed by atoms with van der Waals surface area (Å²) < 4.78 is 0. The Bertz CT molecular complexity index is 1150. The van der Waals surface area contributed by atoms with Crippen LogP contribution in [-0.4, -0.2) is 74.3 Å². The number of aromatic hydroxyl groups is 2. The van der Waals surface area contributed by atoms with E-state index in [9.17, 15) is 39.3 Å². The molecule has 4 unspecified atom stereocenters. The van der Waals surface area contributed by atoms with E-state index >= 15 is 0 Å². The van der Waals surface area contributed by atoms with Crippen LogP contribution in [0.1, 0.15) is 24.5 Å². The first-order valence-electron chi connectivity index (χ1n) is 11.5. The zero-order valence-electron chi connectivity index (χ0n) is 20.5. The molecule has 0 saturated carbocycles. The van der Waals surface area contributed by atoms with Gasteiger partial charge in [-0.05, 0) is 42.3 Å². The molecule has 204 valence electrons. The third-order valence-corrected chi connectivity index (χ3v) is 5.48. The summed E-state index contributed by atoms with van der Waals surface area (Å²) in [6.07, 6.45) is -0.830. The van der Waals surface area contributed by atoms with E-state index in [2.05, 4.69) is 16.0 Å². The number of carboxylic acids is 2. The molecule has 0 saturated heterocycles. The van der Waals surface area contributed by atoms with Crippen molar-refractivity contribution in [2.24, 2.45) is 5.73 Å². The molecule has 13 heteroatoms. The minimum Gasteiger partial charge on any atom is -0.508 e. The van der Waals surface area contributed by atoms with E-state index in [0.717, 1.165) is 0 Å². The largest absolute Gasteiger partial charge is 0.508 e. The maximum atomic E-state index is 13.0. The van der Waals surface area contributed by atoms with Gasteiger partial charge in [-0.3, -0.25) is 19.2 Å². The number of hydrogen-bond acceptors (Lipinski definition) is 8. The molecule has 0 fully saturated rings. The van der Waals surface area contributed by atoms with Gasteiger partial charge >= 0.3 is 11.9 Å². The lowest BCUT2D eigenvalue weighted by molar-refractivity contribution is -0.142. The van der Waals surface area contributed by atoms with Crippen LogP contribution < -0.4 is 21.7 Å². The van der Waals surface area contributed by atoms with E-state index in [-0.39, 0.29) is 24.3 Å². The Morgan fingerprint density at radius 1 is 0.711 bits per heavy atom. The van der Waals surface area contributed by atoms with Crippen LogP contribution in [0.25, 0.3) is 0 Å². The van der Waals surface area contributed by atoms with Crippen LogP contribution in [0.4, 0.5) is 0 Å². The SMILES string of the molecule is CC(NC(=O)C(Cc1ccc(O)cc1)NC(=O)C(N)CC(=O)O)C(=O)NC(Cc1ccc(O)cc1)C(=O)O. The smallest absolute Gasteiger partial charge is 0.326 e. The topological polar surface area (TPSA) is 228 Å². The number of phenolic OH excluding ortho intramolecular Hbond substituents is 2. The lowest BCUT2D eigenvalue weighted by Crippen LogP contribution is -2.57. The Balaban J connectivity index is 2.10. The minimum absolute atomic E-state index is 0.00105. The van der Waals surface area contributed by atoms with Gasteiger partial charge in [-0.2, -0.15) is 0 Å². The van der Waals surface area contributed by atoms with E-state index in [1.807, 2.05) is 0 Å². The van der Waals surface area contributed by atoms with Crippen LogP contribution in [0, 0.1) is 0 Å². The highest BCUT2D eigenvalue weighted by atomic mass is 16.4. The lowest BCUT2D eigenvalue weighted by Gasteiger charge is -2.23. The summed E-state index contributed by atoms with van der Waals surface area (Å²) in [5, 5.41) is 44.4. The summed E-state index contributed by atoms with van der Waals surface area (Å²) in [7, 11) is 0. The summed E-state index contributed by atoms with van der Waals surface area (Å²) in [5.74, 6) is -5.15. The molecule has 0 aliphatic carbocycles. The molecule has 13 nitrogen and oxygen atoms in total. The molecule has 2 aromatic rings. The van der Waals surface area contributed by atoms with Crippen LogP contribution in [0.3, 0.4) is 0 Å². The highest BCUT2D eigenvalue weighted by Gasteiger charge is 2.29. The molecule has 9 N–H and O–H groups in total. The summed E-state index contributed by atoms with van der Waals surface area (Å²) >= 11 is 0. The number of nitrogens with one attached hydrogen (secondary N) is 3. The Morgan fingerprint density at radius 3 is 1.61 bits per heavy atom. The normalized spacial score (nSPS) is 13.8. The van der Waals surface area contributed by atoms with Crippen LogP contribution >= 0.6 is 0 Å². The van der Waals surface area contributed by atoms with Gasteiger partial charge in [-0.15, -0.1) is 0 Å². The van der Waals surface area contributed by atoms with Gasteiger partial charge in [-0.1, -0.05) is 24.3 Å². The van der Waals surface area contributed by atoms with Crippen LogP contribution in [-0.2, 0) is 36.8 Å². The molecule has 0 spiro atoms.